The maximum atomic E-state index is 11.9. The Morgan fingerprint density at radius 1 is 1.62 bits per heavy atom. The summed E-state index contributed by atoms with van der Waals surface area (Å²) in [6.07, 6.45) is 1.74. The number of aromatic nitrogens is 1. The Bertz CT molecular complexity index is 653. The van der Waals surface area contributed by atoms with Crippen molar-refractivity contribution >= 4 is 49.7 Å². The molecule has 0 spiro atoms. The van der Waals surface area contributed by atoms with Gasteiger partial charge in [0.15, 0.2) is 5.13 Å². The molecule has 1 aliphatic rings. The fourth-order valence-corrected chi connectivity index (χ4v) is 4.81. The van der Waals surface area contributed by atoms with Crippen molar-refractivity contribution in [3.63, 3.8) is 0 Å². The maximum absolute atomic E-state index is 11.9. The normalized spacial score (nSPS) is 16.8. The number of rotatable bonds is 5. The monoisotopic (exact) mass is 386 g/mol. The van der Waals surface area contributed by atoms with Gasteiger partial charge < -0.3 is 10.1 Å². The fraction of sp³-hybridized carbons (Fsp3) is 0.429. The van der Waals surface area contributed by atoms with Gasteiger partial charge in [-0.25, -0.2) is 4.98 Å². The van der Waals surface area contributed by atoms with Gasteiger partial charge in [-0.3, -0.25) is 4.79 Å². The predicted octanol–water partition coefficient (Wildman–Crippen LogP) is 4.17. The Morgan fingerprint density at radius 3 is 3.19 bits per heavy atom. The van der Waals surface area contributed by atoms with Crippen LogP contribution in [0.5, 0.6) is 0 Å². The first kappa shape index (κ1) is 15.0. The van der Waals surface area contributed by atoms with E-state index in [2.05, 4.69) is 37.7 Å². The Hall–Kier alpha value is -0.920. The SMILES string of the molecule is CCOC(=O)C1CCc2sc(NCc3cc(Br)cs3)nc21. The Balaban J connectivity index is 1.67. The lowest BCUT2D eigenvalue weighted by Crippen LogP contribution is -2.14. The molecule has 2 aromatic heterocycles. The molecule has 1 N–H and O–H groups in total. The number of anilines is 1. The largest absolute Gasteiger partial charge is 0.465 e. The molecule has 0 saturated heterocycles. The van der Waals surface area contributed by atoms with Crippen molar-refractivity contribution < 1.29 is 9.53 Å². The minimum absolute atomic E-state index is 0.143. The van der Waals surface area contributed by atoms with Crippen molar-refractivity contribution in [1.29, 1.82) is 0 Å². The molecule has 2 heterocycles. The summed E-state index contributed by atoms with van der Waals surface area (Å²) in [6, 6.07) is 2.10. The van der Waals surface area contributed by atoms with Gasteiger partial charge in [0.1, 0.15) is 5.92 Å². The van der Waals surface area contributed by atoms with Crippen molar-refractivity contribution in [2.24, 2.45) is 0 Å². The standard InChI is InChI=1S/C14H15BrN2O2S2/c1-2-19-13(18)10-3-4-11-12(10)17-14(21-11)16-6-9-5-8(15)7-20-9/h5,7,10H,2-4,6H2,1H3,(H,16,17). The van der Waals surface area contributed by atoms with Crippen LogP contribution in [-0.4, -0.2) is 17.6 Å². The fourth-order valence-electron chi connectivity index (χ4n) is 2.38. The molecular formula is C14H15BrN2O2S2. The number of hydrogen-bond acceptors (Lipinski definition) is 6. The quantitative estimate of drug-likeness (QED) is 0.783. The highest BCUT2D eigenvalue weighted by molar-refractivity contribution is 9.10. The van der Waals surface area contributed by atoms with E-state index in [0.717, 1.165) is 34.7 Å². The molecule has 0 aromatic carbocycles. The second-order valence-corrected chi connectivity index (χ2v) is 7.75. The van der Waals surface area contributed by atoms with Gasteiger partial charge in [-0.15, -0.1) is 22.7 Å². The summed E-state index contributed by atoms with van der Waals surface area (Å²) in [5.41, 5.74) is 0.910. The lowest BCUT2D eigenvalue weighted by Gasteiger charge is -2.07. The van der Waals surface area contributed by atoms with Crippen molar-refractivity contribution in [1.82, 2.24) is 4.98 Å². The number of ether oxygens (including phenoxy) is 1. The molecule has 4 nitrogen and oxygen atoms in total. The van der Waals surface area contributed by atoms with Gasteiger partial charge in [0, 0.05) is 19.6 Å². The third-order valence-corrected chi connectivity index (χ3v) is 6.11. The molecule has 0 fully saturated rings. The average Bonchev–Trinajstić information content (AvgIpc) is 3.11. The molecule has 21 heavy (non-hydrogen) atoms. The van der Waals surface area contributed by atoms with Crippen LogP contribution in [0.2, 0.25) is 0 Å². The summed E-state index contributed by atoms with van der Waals surface area (Å²) < 4.78 is 6.23. The first-order valence-electron chi connectivity index (χ1n) is 6.80. The van der Waals surface area contributed by atoms with Crippen molar-refractivity contribution in [3.8, 4) is 0 Å². The molecule has 3 rings (SSSR count). The van der Waals surface area contributed by atoms with E-state index in [1.54, 1.807) is 22.7 Å². The summed E-state index contributed by atoms with van der Waals surface area (Å²) in [6.45, 7) is 3.01. The smallest absolute Gasteiger partial charge is 0.315 e. The minimum Gasteiger partial charge on any atom is -0.465 e. The average molecular weight is 387 g/mol. The number of fused-ring (bicyclic) bond motifs is 1. The van der Waals surface area contributed by atoms with Gasteiger partial charge in [0.05, 0.1) is 18.8 Å². The number of thiophene rings is 1. The molecule has 0 radical (unpaired) electrons. The number of hydrogen-bond donors (Lipinski definition) is 1. The van der Waals surface area contributed by atoms with E-state index >= 15 is 0 Å². The molecule has 0 amide bonds. The molecular weight excluding hydrogens is 372 g/mol. The van der Waals surface area contributed by atoms with Crippen LogP contribution in [0.1, 0.15) is 34.7 Å². The maximum Gasteiger partial charge on any atom is 0.315 e. The number of nitrogens with zero attached hydrogens (tertiary/aromatic N) is 1. The van der Waals surface area contributed by atoms with Gasteiger partial charge in [0.2, 0.25) is 0 Å². The molecule has 1 unspecified atom stereocenters. The number of thiazole rings is 1. The molecule has 1 atom stereocenters. The number of carbonyl (C=O) groups excluding carboxylic acids is 1. The lowest BCUT2D eigenvalue weighted by atomic mass is 10.1. The number of nitrogens with one attached hydrogen (secondary N) is 1. The molecule has 112 valence electrons. The van der Waals surface area contributed by atoms with Crippen LogP contribution in [0.4, 0.5) is 5.13 Å². The van der Waals surface area contributed by atoms with Gasteiger partial charge in [-0.05, 0) is 41.8 Å². The van der Waals surface area contributed by atoms with Gasteiger partial charge in [-0.2, -0.15) is 0 Å². The second kappa shape index (κ2) is 6.46. The van der Waals surface area contributed by atoms with Crippen LogP contribution in [0.15, 0.2) is 15.9 Å². The number of carbonyl (C=O) groups is 1. The molecule has 1 aliphatic carbocycles. The van der Waals surface area contributed by atoms with Crippen LogP contribution in [-0.2, 0) is 22.5 Å². The van der Waals surface area contributed by atoms with Gasteiger partial charge in [0.25, 0.3) is 0 Å². The third-order valence-electron chi connectivity index (χ3n) is 3.32. The van der Waals surface area contributed by atoms with Crippen LogP contribution in [0.3, 0.4) is 0 Å². The molecule has 0 aliphatic heterocycles. The van der Waals surface area contributed by atoms with E-state index in [9.17, 15) is 4.79 Å². The summed E-state index contributed by atoms with van der Waals surface area (Å²) in [5.74, 6) is -0.321. The summed E-state index contributed by atoms with van der Waals surface area (Å²) >= 11 is 6.81. The first-order chi connectivity index (χ1) is 10.2. The Morgan fingerprint density at radius 2 is 2.48 bits per heavy atom. The minimum atomic E-state index is -0.178. The zero-order valence-electron chi connectivity index (χ0n) is 11.5. The summed E-state index contributed by atoms with van der Waals surface area (Å²) in [5, 5.41) is 6.29. The van der Waals surface area contributed by atoms with Crippen LogP contribution in [0.25, 0.3) is 0 Å². The van der Waals surface area contributed by atoms with Crippen LogP contribution in [0, 0.1) is 0 Å². The number of esters is 1. The van der Waals surface area contributed by atoms with E-state index in [1.807, 2.05) is 6.92 Å². The Labute approximate surface area is 139 Å². The number of halogens is 1. The lowest BCUT2D eigenvalue weighted by molar-refractivity contribution is -0.145. The van der Waals surface area contributed by atoms with Crippen LogP contribution >= 0.6 is 38.6 Å². The summed E-state index contributed by atoms with van der Waals surface area (Å²) in [7, 11) is 0. The zero-order valence-corrected chi connectivity index (χ0v) is 14.7. The highest BCUT2D eigenvalue weighted by Gasteiger charge is 2.33. The first-order valence-corrected chi connectivity index (χ1v) is 9.29. The second-order valence-electron chi connectivity index (χ2n) is 4.76. The molecule has 7 heteroatoms. The van der Waals surface area contributed by atoms with E-state index in [0.29, 0.717) is 6.61 Å². The van der Waals surface area contributed by atoms with Gasteiger partial charge in [-0.1, -0.05) is 0 Å². The van der Waals surface area contributed by atoms with E-state index in [4.69, 9.17) is 4.74 Å². The highest BCUT2D eigenvalue weighted by atomic mass is 79.9. The predicted molar refractivity (Wildman–Crippen MR) is 89.2 cm³/mol. The molecule has 0 saturated carbocycles. The van der Waals surface area contributed by atoms with Crippen molar-refractivity contribution in [2.45, 2.75) is 32.2 Å². The van der Waals surface area contributed by atoms with Crippen molar-refractivity contribution in [2.75, 3.05) is 11.9 Å². The Kier molecular flexibility index (Phi) is 4.61. The highest BCUT2D eigenvalue weighted by Crippen LogP contribution is 2.39. The third kappa shape index (κ3) is 3.30. The molecule has 0 bridgehead atoms. The van der Waals surface area contributed by atoms with Crippen LogP contribution < -0.4 is 5.32 Å². The van der Waals surface area contributed by atoms with E-state index in [1.165, 1.54) is 9.75 Å². The zero-order chi connectivity index (χ0) is 14.8. The topological polar surface area (TPSA) is 51.2 Å². The summed E-state index contributed by atoms with van der Waals surface area (Å²) in [4.78, 5) is 19.0. The number of aryl methyl sites for hydroxylation is 1. The van der Waals surface area contributed by atoms with Gasteiger partial charge >= 0.3 is 5.97 Å². The van der Waals surface area contributed by atoms with E-state index < -0.39 is 0 Å². The van der Waals surface area contributed by atoms with Crippen molar-refractivity contribution in [3.05, 3.63) is 31.4 Å². The molecule has 2 aromatic rings. The van der Waals surface area contributed by atoms with E-state index in [-0.39, 0.29) is 11.9 Å².